The molecule has 1 aromatic carbocycles. The van der Waals surface area contributed by atoms with Gasteiger partial charge in [0.15, 0.2) is 0 Å². The number of hydrogen-bond donors (Lipinski definition) is 1. The van der Waals surface area contributed by atoms with Crippen LogP contribution in [-0.4, -0.2) is 26.7 Å². The third-order valence-corrected chi connectivity index (χ3v) is 4.48. The Balaban J connectivity index is 2.03. The minimum atomic E-state index is 0.00258. The molecule has 5 heteroatoms. The van der Waals surface area contributed by atoms with Crippen molar-refractivity contribution in [3.63, 3.8) is 0 Å². The third kappa shape index (κ3) is 2.09. The van der Waals surface area contributed by atoms with Crippen LogP contribution in [0.4, 0.5) is 0 Å². The van der Waals surface area contributed by atoms with Gasteiger partial charge in [-0.15, -0.1) is 0 Å². The number of H-pyrrole nitrogens is 1. The van der Waals surface area contributed by atoms with E-state index in [2.05, 4.69) is 4.98 Å². The summed E-state index contributed by atoms with van der Waals surface area (Å²) in [5.41, 5.74) is 2.09. The Morgan fingerprint density at radius 3 is 2.95 bits per heavy atom. The Morgan fingerprint density at radius 2 is 2.21 bits per heavy atom. The van der Waals surface area contributed by atoms with Crippen LogP contribution in [0.3, 0.4) is 0 Å². The van der Waals surface area contributed by atoms with E-state index in [1.54, 1.807) is 4.90 Å². The Bertz CT molecular complexity index is 702. The first-order valence-corrected chi connectivity index (χ1v) is 7.24. The number of carbonyl (C=O) groups is 1. The fraction of sp³-hybridized carbons (Fsp3) is 0.143. The number of aromatic nitrogens is 1. The molecule has 1 aliphatic heterocycles. The van der Waals surface area contributed by atoms with E-state index in [0.717, 1.165) is 16.5 Å². The Kier molecular flexibility index (Phi) is 3.16. The molecule has 0 unspecified atom stereocenters. The molecule has 0 bridgehead atoms. The summed E-state index contributed by atoms with van der Waals surface area (Å²) in [7, 11) is 0. The lowest BCUT2D eigenvalue weighted by molar-refractivity contribution is -0.121. The van der Waals surface area contributed by atoms with Crippen LogP contribution in [0.15, 0.2) is 35.4 Å². The molecule has 3 nitrogen and oxygen atoms in total. The first kappa shape index (κ1) is 12.4. The van der Waals surface area contributed by atoms with Crippen molar-refractivity contribution < 1.29 is 4.79 Å². The van der Waals surface area contributed by atoms with Gasteiger partial charge in [0, 0.05) is 29.2 Å². The summed E-state index contributed by atoms with van der Waals surface area (Å²) in [5, 5.41) is 1.12. The van der Waals surface area contributed by atoms with Crippen LogP contribution in [0.1, 0.15) is 12.5 Å². The molecule has 0 aliphatic carbocycles. The quantitative estimate of drug-likeness (QED) is 0.680. The molecule has 96 valence electrons. The van der Waals surface area contributed by atoms with Gasteiger partial charge in [-0.05, 0) is 19.1 Å². The van der Waals surface area contributed by atoms with Crippen molar-refractivity contribution in [2.24, 2.45) is 0 Å². The molecule has 2 aromatic rings. The van der Waals surface area contributed by atoms with Crippen molar-refractivity contribution in [3.05, 3.63) is 40.9 Å². The Hall–Kier alpha value is -1.59. The van der Waals surface area contributed by atoms with Crippen molar-refractivity contribution in [3.8, 4) is 0 Å². The van der Waals surface area contributed by atoms with Gasteiger partial charge in [0.1, 0.15) is 4.32 Å². The van der Waals surface area contributed by atoms with Gasteiger partial charge in [-0.3, -0.25) is 9.69 Å². The fourth-order valence-corrected chi connectivity index (χ4v) is 3.50. The lowest BCUT2D eigenvalue weighted by atomic mass is 10.1. The maximum Gasteiger partial charge on any atom is 0.266 e. The Labute approximate surface area is 120 Å². The van der Waals surface area contributed by atoms with E-state index in [0.29, 0.717) is 15.8 Å². The topological polar surface area (TPSA) is 36.1 Å². The number of thioether (sulfide) groups is 1. The average Bonchev–Trinajstić information content (AvgIpc) is 2.93. The zero-order valence-electron chi connectivity index (χ0n) is 10.3. The van der Waals surface area contributed by atoms with Gasteiger partial charge in [0.05, 0.1) is 4.91 Å². The molecule has 1 amide bonds. The van der Waals surface area contributed by atoms with E-state index in [9.17, 15) is 4.79 Å². The summed E-state index contributed by atoms with van der Waals surface area (Å²) in [6, 6.07) is 8.03. The molecule has 1 aromatic heterocycles. The van der Waals surface area contributed by atoms with E-state index in [1.165, 1.54) is 11.8 Å². The van der Waals surface area contributed by atoms with Crippen molar-refractivity contribution >= 4 is 51.2 Å². The van der Waals surface area contributed by atoms with E-state index in [1.807, 2.05) is 43.5 Å². The largest absolute Gasteiger partial charge is 0.361 e. The van der Waals surface area contributed by atoms with Gasteiger partial charge >= 0.3 is 0 Å². The van der Waals surface area contributed by atoms with Gasteiger partial charge in [0.25, 0.3) is 5.91 Å². The maximum absolute atomic E-state index is 12.1. The Morgan fingerprint density at radius 1 is 1.42 bits per heavy atom. The first-order chi connectivity index (χ1) is 9.20. The summed E-state index contributed by atoms with van der Waals surface area (Å²) in [5.74, 6) is 0.00258. The van der Waals surface area contributed by atoms with Crippen LogP contribution in [0.25, 0.3) is 17.0 Å². The third-order valence-electron chi connectivity index (χ3n) is 3.10. The number of benzene rings is 1. The highest BCUT2D eigenvalue weighted by Crippen LogP contribution is 2.33. The monoisotopic (exact) mass is 288 g/mol. The van der Waals surface area contributed by atoms with E-state index >= 15 is 0 Å². The molecule has 1 N–H and O–H groups in total. The summed E-state index contributed by atoms with van der Waals surface area (Å²) in [6.45, 7) is 2.55. The lowest BCUT2D eigenvalue weighted by Crippen LogP contribution is -2.27. The number of thiocarbonyl (C=S) groups is 1. The summed E-state index contributed by atoms with van der Waals surface area (Å²) in [6.07, 6.45) is 3.83. The fourth-order valence-electron chi connectivity index (χ4n) is 2.13. The standard InChI is InChI=1S/C14H12N2OS2/c1-2-16-13(17)12(19-14(16)18)7-9-8-15-11-6-4-3-5-10(9)11/h3-8,15H,2H2,1H3/b12-7-. The maximum atomic E-state index is 12.1. The van der Waals surface area contributed by atoms with Crippen LogP contribution in [0.2, 0.25) is 0 Å². The second-order valence-corrected chi connectivity index (χ2v) is 5.89. The van der Waals surface area contributed by atoms with Gasteiger partial charge in [-0.25, -0.2) is 0 Å². The van der Waals surface area contributed by atoms with Gasteiger partial charge in [-0.1, -0.05) is 42.2 Å². The van der Waals surface area contributed by atoms with Crippen LogP contribution in [0, 0.1) is 0 Å². The summed E-state index contributed by atoms with van der Waals surface area (Å²) >= 11 is 6.57. The van der Waals surface area contributed by atoms with Crippen molar-refractivity contribution in [2.45, 2.75) is 6.92 Å². The first-order valence-electron chi connectivity index (χ1n) is 6.02. The van der Waals surface area contributed by atoms with Crippen molar-refractivity contribution in [2.75, 3.05) is 6.54 Å². The lowest BCUT2D eigenvalue weighted by Gasteiger charge is -2.09. The van der Waals surface area contributed by atoms with Crippen LogP contribution >= 0.6 is 24.0 Å². The average molecular weight is 288 g/mol. The molecule has 1 saturated heterocycles. The molecule has 2 heterocycles. The highest BCUT2D eigenvalue weighted by molar-refractivity contribution is 8.26. The molecule has 3 rings (SSSR count). The summed E-state index contributed by atoms with van der Waals surface area (Å²) < 4.78 is 0.638. The van der Waals surface area contributed by atoms with E-state index < -0.39 is 0 Å². The van der Waals surface area contributed by atoms with Gasteiger partial charge in [0.2, 0.25) is 0 Å². The smallest absolute Gasteiger partial charge is 0.266 e. The zero-order valence-corrected chi connectivity index (χ0v) is 12.0. The van der Waals surface area contributed by atoms with Crippen LogP contribution < -0.4 is 0 Å². The van der Waals surface area contributed by atoms with Crippen LogP contribution in [0.5, 0.6) is 0 Å². The number of aromatic amines is 1. The number of fused-ring (bicyclic) bond motifs is 1. The van der Waals surface area contributed by atoms with Gasteiger partial charge < -0.3 is 4.98 Å². The molecule has 19 heavy (non-hydrogen) atoms. The van der Waals surface area contributed by atoms with Crippen molar-refractivity contribution in [1.82, 2.24) is 9.88 Å². The SMILES string of the molecule is CCN1C(=O)/C(=C/c2c[nH]c3ccccc23)SC1=S. The molecule has 0 saturated carbocycles. The number of likely N-dealkylation sites (N-methyl/N-ethyl adjacent to an activating group) is 1. The van der Waals surface area contributed by atoms with E-state index in [4.69, 9.17) is 12.2 Å². The predicted molar refractivity (Wildman–Crippen MR) is 83.9 cm³/mol. The number of hydrogen-bond acceptors (Lipinski definition) is 3. The minimum absolute atomic E-state index is 0.00258. The molecular formula is C14H12N2OS2. The molecule has 0 atom stereocenters. The molecule has 1 fully saturated rings. The molecule has 1 aliphatic rings. The highest BCUT2D eigenvalue weighted by atomic mass is 32.2. The second-order valence-electron chi connectivity index (χ2n) is 4.22. The summed E-state index contributed by atoms with van der Waals surface area (Å²) in [4.78, 5) is 17.7. The molecule has 0 radical (unpaired) electrons. The second kappa shape index (κ2) is 4.83. The number of carbonyl (C=O) groups excluding carboxylic acids is 1. The number of nitrogens with one attached hydrogen (secondary N) is 1. The number of rotatable bonds is 2. The molecular weight excluding hydrogens is 276 g/mol. The van der Waals surface area contributed by atoms with Crippen LogP contribution in [-0.2, 0) is 4.79 Å². The number of amides is 1. The number of para-hydroxylation sites is 1. The number of nitrogens with zero attached hydrogens (tertiary/aromatic N) is 1. The van der Waals surface area contributed by atoms with Crippen molar-refractivity contribution in [1.29, 1.82) is 0 Å². The minimum Gasteiger partial charge on any atom is -0.361 e. The van der Waals surface area contributed by atoms with E-state index in [-0.39, 0.29) is 5.91 Å². The predicted octanol–water partition coefficient (Wildman–Crippen LogP) is 3.39. The molecule has 0 spiro atoms. The zero-order chi connectivity index (χ0) is 13.4. The normalized spacial score (nSPS) is 17.9. The highest BCUT2D eigenvalue weighted by Gasteiger charge is 2.30. The van der Waals surface area contributed by atoms with Gasteiger partial charge in [-0.2, -0.15) is 0 Å².